The zero-order valence-corrected chi connectivity index (χ0v) is 7.89. The maximum absolute atomic E-state index is 11.2. The first kappa shape index (κ1) is 9.43. The van der Waals surface area contributed by atoms with Crippen molar-refractivity contribution in [2.45, 2.75) is 19.1 Å². The quantitative estimate of drug-likeness (QED) is 0.525. The van der Waals surface area contributed by atoms with E-state index in [-0.39, 0.29) is 6.10 Å². The van der Waals surface area contributed by atoms with Gasteiger partial charge in [0.2, 0.25) is 5.69 Å². The third-order valence-electron chi connectivity index (χ3n) is 2.26. The summed E-state index contributed by atoms with van der Waals surface area (Å²) in [6, 6.07) is 5.30. The molecule has 76 valence electrons. The summed E-state index contributed by atoms with van der Waals surface area (Å²) in [4.78, 5) is 0. The molecule has 2 heterocycles. The van der Waals surface area contributed by atoms with Gasteiger partial charge in [-0.05, 0) is 12.5 Å². The molecule has 0 N–H and O–H groups in total. The number of ether oxygens (including phenoxy) is 2. The van der Waals surface area contributed by atoms with Gasteiger partial charge >= 0.3 is 0 Å². The van der Waals surface area contributed by atoms with Crippen molar-refractivity contribution >= 4 is 0 Å². The van der Waals surface area contributed by atoms with Crippen molar-refractivity contribution in [1.29, 1.82) is 0 Å². The highest BCUT2D eigenvalue weighted by molar-refractivity contribution is 4.96. The third kappa shape index (κ3) is 2.21. The Morgan fingerprint density at radius 2 is 2.50 bits per heavy atom. The molecule has 0 bridgehead atoms. The topological polar surface area (TPSA) is 45.4 Å². The van der Waals surface area contributed by atoms with Crippen molar-refractivity contribution < 1.29 is 14.2 Å². The second-order valence-corrected chi connectivity index (χ2v) is 3.31. The van der Waals surface area contributed by atoms with Crippen LogP contribution < -0.4 is 4.73 Å². The Labute approximate surface area is 82.7 Å². The highest BCUT2D eigenvalue weighted by Crippen LogP contribution is 2.09. The number of hydrogen-bond donors (Lipinski definition) is 0. The molecule has 0 aliphatic carbocycles. The monoisotopic (exact) mass is 195 g/mol. The maximum atomic E-state index is 11.2. The number of rotatable bonds is 3. The molecular formula is C10H13NO3. The van der Waals surface area contributed by atoms with E-state index in [4.69, 9.17) is 9.47 Å². The van der Waals surface area contributed by atoms with Gasteiger partial charge in [0.05, 0.1) is 12.7 Å². The third-order valence-corrected chi connectivity index (χ3v) is 2.26. The van der Waals surface area contributed by atoms with Crippen LogP contribution in [0.2, 0.25) is 0 Å². The van der Waals surface area contributed by atoms with Gasteiger partial charge in [-0.25, -0.2) is 0 Å². The molecule has 1 fully saturated rings. The first-order chi connectivity index (χ1) is 6.86. The molecule has 1 aliphatic heterocycles. The van der Waals surface area contributed by atoms with E-state index in [0.717, 1.165) is 17.8 Å². The van der Waals surface area contributed by atoms with Gasteiger partial charge in [0.15, 0.2) is 6.20 Å². The van der Waals surface area contributed by atoms with Crippen molar-refractivity contribution in [2.24, 2.45) is 0 Å². The van der Waals surface area contributed by atoms with Crippen molar-refractivity contribution in [2.75, 3.05) is 13.2 Å². The summed E-state index contributed by atoms with van der Waals surface area (Å²) in [5, 5.41) is 11.2. The molecule has 0 amide bonds. The Kier molecular flexibility index (Phi) is 2.96. The van der Waals surface area contributed by atoms with Gasteiger partial charge in [0.25, 0.3) is 0 Å². The minimum Gasteiger partial charge on any atom is -0.618 e. The smallest absolute Gasteiger partial charge is 0.218 e. The molecule has 14 heavy (non-hydrogen) atoms. The average Bonchev–Trinajstić information content (AvgIpc) is 2.69. The highest BCUT2D eigenvalue weighted by atomic mass is 16.5. The van der Waals surface area contributed by atoms with E-state index in [1.165, 1.54) is 6.20 Å². The molecule has 0 saturated carbocycles. The van der Waals surface area contributed by atoms with Crippen molar-refractivity contribution in [3.8, 4) is 0 Å². The molecule has 0 aromatic carbocycles. The lowest BCUT2D eigenvalue weighted by Crippen LogP contribution is -2.32. The minimum atomic E-state index is 0.148. The lowest BCUT2D eigenvalue weighted by atomic mass is 10.3. The van der Waals surface area contributed by atoms with Gasteiger partial charge in [-0.15, -0.1) is 0 Å². The van der Waals surface area contributed by atoms with Gasteiger partial charge in [-0.1, -0.05) is 0 Å². The van der Waals surface area contributed by atoms with Crippen LogP contribution in [-0.4, -0.2) is 19.3 Å². The largest absolute Gasteiger partial charge is 0.618 e. The fourth-order valence-corrected chi connectivity index (χ4v) is 1.42. The van der Waals surface area contributed by atoms with Gasteiger partial charge in [0.1, 0.15) is 6.61 Å². The summed E-state index contributed by atoms with van der Waals surface area (Å²) >= 11 is 0. The normalized spacial score (nSPS) is 21.3. The van der Waals surface area contributed by atoms with Crippen molar-refractivity contribution in [3.63, 3.8) is 0 Å². The van der Waals surface area contributed by atoms with Crippen LogP contribution in [0, 0.1) is 5.21 Å². The standard InChI is InChI=1S/C10H13NO3/c12-11-5-2-1-3-9(11)7-14-10-4-6-13-8-10/h1-3,5,10H,4,6-8H2. The predicted molar refractivity (Wildman–Crippen MR) is 49.4 cm³/mol. The first-order valence-electron chi connectivity index (χ1n) is 4.72. The molecule has 0 radical (unpaired) electrons. The van der Waals surface area contributed by atoms with Gasteiger partial charge in [0, 0.05) is 18.7 Å². The van der Waals surface area contributed by atoms with E-state index in [9.17, 15) is 5.21 Å². The second-order valence-electron chi connectivity index (χ2n) is 3.31. The zero-order chi connectivity index (χ0) is 9.80. The van der Waals surface area contributed by atoms with Crippen LogP contribution in [0.3, 0.4) is 0 Å². The van der Waals surface area contributed by atoms with Gasteiger partial charge in [-0.2, -0.15) is 4.73 Å². The van der Waals surface area contributed by atoms with Crippen LogP contribution in [0.1, 0.15) is 12.1 Å². The SMILES string of the molecule is [O-][n+]1ccccc1COC1CCOC1. The first-order valence-corrected chi connectivity index (χ1v) is 4.72. The summed E-state index contributed by atoms with van der Waals surface area (Å²) in [7, 11) is 0. The van der Waals surface area contributed by atoms with Crippen molar-refractivity contribution in [1.82, 2.24) is 0 Å². The molecule has 0 spiro atoms. The molecule has 2 rings (SSSR count). The van der Waals surface area contributed by atoms with Gasteiger partial charge < -0.3 is 14.7 Å². The molecule has 1 aromatic heterocycles. The molecule has 1 atom stereocenters. The molecule has 1 unspecified atom stereocenters. The number of aromatic nitrogens is 1. The average molecular weight is 195 g/mol. The predicted octanol–water partition coefficient (Wildman–Crippen LogP) is 0.626. The second kappa shape index (κ2) is 4.39. The van der Waals surface area contributed by atoms with Crippen LogP contribution in [0.4, 0.5) is 0 Å². The zero-order valence-electron chi connectivity index (χ0n) is 7.89. The number of pyridine rings is 1. The number of hydrogen-bond acceptors (Lipinski definition) is 3. The fraction of sp³-hybridized carbons (Fsp3) is 0.500. The Morgan fingerprint density at radius 3 is 3.21 bits per heavy atom. The molecule has 1 aliphatic rings. The van der Waals surface area contributed by atoms with Crippen LogP contribution in [0.5, 0.6) is 0 Å². The van der Waals surface area contributed by atoms with E-state index in [1.807, 2.05) is 6.07 Å². The summed E-state index contributed by atoms with van der Waals surface area (Å²) in [5.41, 5.74) is 0.638. The van der Waals surface area contributed by atoms with Gasteiger partial charge in [-0.3, -0.25) is 0 Å². The lowest BCUT2D eigenvalue weighted by molar-refractivity contribution is -0.616. The Morgan fingerprint density at radius 1 is 1.57 bits per heavy atom. The summed E-state index contributed by atoms with van der Waals surface area (Å²) < 4.78 is 11.5. The molecular weight excluding hydrogens is 182 g/mol. The van der Waals surface area contributed by atoms with E-state index < -0.39 is 0 Å². The lowest BCUT2D eigenvalue weighted by Gasteiger charge is -2.09. The highest BCUT2D eigenvalue weighted by Gasteiger charge is 2.17. The number of nitrogens with zero attached hydrogens (tertiary/aromatic N) is 1. The maximum Gasteiger partial charge on any atom is 0.218 e. The summed E-state index contributed by atoms with van der Waals surface area (Å²) in [6.45, 7) is 1.76. The Balaban J connectivity index is 1.88. The fourth-order valence-electron chi connectivity index (χ4n) is 1.42. The summed E-state index contributed by atoms with van der Waals surface area (Å²) in [5.74, 6) is 0. The molecule has 1 aromatic rings. The van der Waals surface area contributed by atoms with E-state index >= 15 is 0 Å². The minimum absolute atomic E-state index is 0.148. The van der Waals surface area contributed by atoms with E-state index in [2.05, 4.69) is 0 Å². The van der Waals surface area contributed by atoms with E-state index in [0.29, 0.717) is 18.9 Å². The van der Waals surface area contributed by atoms with Crippen LogP contribution >= 0.6 is 0 Å². The summed E-state index contributed by atoms with van der Waals surface area (Å²) in [6.07, 6.45) is 2.55. The molecule has 1 saturated heterocycles. The Bertz CT molecular complexity index is 297. The van der Waals surface area contributed by atoms with Crippen molar-refractivity contribution in [3.05, 3.63) is 35.3 Å². The van der Waals surface area contributed by atoms with Crippen LogP contribution in [-0.2, 0) is 16.1 Å². The molecule has 4 nitrogen and oxygen atoms in total. The Hall–Kier alpha value is -1.13. The van der Waals surface area contributed by atoms with Crippen LogP contribution in [0.25, 0.3) is 0 Å². The van der Waals surface area contributed by atoms with E-state index in [1.54, 1.807) is 12.1 Å². The van der Waals surface area contributed by atoms with Crippen LogP contribution in [0.15, 0.2) is 24.4 Å². The molecule has 4 heteroatoms.